The first kappa shape index (κ1) is 15.2. The van der Waals surface area contributed by atoms with Crippen molar-refractivity contribution >= 4 is 0 Å². The first-order chi connectivity index (χ1) is 11.8. The maximum atomic E-state index is 5.97. The lowest BCUT2D eigenvalue weighted by atomic mass is 9.87. The minimum Gasteiger partial charge on any atom is -0.439 e. The number of oxazole rings is 1. The molecule has 1 aromatic heterocycles. The van der Waals surface area contributed by atoms with E-state index in [4.69, 9.17) is 4.42 Å². The fourth-order valence-electron chi connectivity index (χ4n) is 3.63. The van der Waals surface area contributed by atoms with Crippen LogP contribution in [0, 0.1) is 0 Å². The average Bonchev–Trinajstić information content (AvgIpc) is 3.10. The van der Waals surface area contributed by atoms with E-state index in [1.165, 1.54) is 30.4 Å². The Labute approximate surface area is 143 Å². The van der Waals surface area contributed by atoms with Crippen LogP contribution in [-0.4, -0.2) is 16.9 Å². The summed E-state index contributed by atoms with van der Waals surface area (Å²) in [5.74, 6) is 1.61. The van der Waals surface area contributed by atoms with Crippen LogP contribution in [0.5, 0.6) is 0 Å². The molecule has 1 heterocycles. The van der Waals surface area contributed by atoms with Gasteiger partial charge in [0.1, 0.15) is 0 Å². The van der Waals surface area contributed by atoms with Gasteiger partial charge in [-0.2, -0.15) is 0 Å². The van der Waals surface area contributed by atoms with Crippen molar-refractivity contribution in [3.8, 4) is 11.3 Å². The maximum absolute atomic E-state index is 5.97. The average molecular weight is 318 g/mol. The largest absolute Gasteiger partial charge is 0.439 e. The minimum absolute atomic E-state index is 0.446. The van der Waals surface area contributed by atoms with Gasteiger partial charge in [-0.1, -0.05) is 54.6 Å². The minimum atomic E-state index is 0.446. The summed E-state index contributed by atoms with van der Waals surface area (Å²) in [4.78, 5) is 6.83. The van der Waals surface area contributed by atoms with E-state index in [0.29, 0.717) is 6.04 Å². The van der Waals surface area contributed by atoms with Gasteiger partial charge in [0.05, 0.1) is 12.7 Å². The summed E-state index contributed by atoms with van der Waals surface area (Å²) in [5, 5.41) is 0. The van der Waals surface area contributed by atoms with Gasteiger partial charge < -0.3 is 4.42 Å². The summed E-state index contributed by atoms with van der Waals surface area (Å²) < 4.78 is 5.97. The lowest BCUT2D eigenvalue weighted by Gasteiger charge is -2.32. The van der Waals surface area contributed by atoms with Crippen LogP contribution in [0.3, 0.4) is 0 Å². The molecule has 2 aromatic carbocycles. The first-order valence-electron chi connectivity index (χ1n) is 8.59. The Hall–Kier alpha value is -2.39. The lowest BCUT2D eigenvalue weighted by Crippen LogP contribution is -2.27. The summed E-state index contributed by atoms with van der Waals surface area (Å²) in [6.45, 7) is 0.728. The van der Waals surface area contributed by atoms with Crippen molar-refractivity contribution in [3.05, 3.63) is 77.8 Å². The summed E-state index contributed by atoms with van der Waals surface area (Å²) in [7, 11) is 2.17. The molecule has 3 nitrogen and oxygen atoms in total. The Bertz CT molecular complexity index is 809. The molecule has 0 radical (unpaired) electrons. The van der Waals surface area contributed by atoms with Crippen LogP contribution in [0.2, 0.25) is 0 Å². The van der Waals surface area contributed by atoms with E-state index in [1.807, 2.05) is 36.5 Å². The zero-order valence-corrected chi connectivity index (χ0v) is 14.0. The van der Waals surface area contributed by atoms with Crippen LogP contribution in [-0.2, 0) is 13.0 Å². The summed E-state index contributed by atoms with van der Waals surface area (Å²) in [6, 6.07) is 19.4. The molecule has 122 valence electrons. The third-order valence-corrected chi connectivity index (χ3v) is 4.87. The molecule has 0 spiro atoms. The fourth-order valence-corrected chi connectivity index (χ4v) is 3.63. The van der Waals surface area contributed by atoms with E-state index < -0.39 is 0 Å². The van der Waals surface area contributed by atoms with Gasteiger partial charge in [-0.15, -0.1) is 0 Å². The number of benzene rings is 2. The van der Waals surface area contributed by atoms with E-state index in [2.05, 4.69) is 41.2 Å². The van der Waals surface area contributed by atoms with Crippen LogP contribution >= 0.6 is 0 Å². The molecule has 24 heavy (non-hydrogen) atoms. The standard InChI is InChI=1S/C21H22N2O/c1-23(19-13-7-11-16-8-5-6-12-18(16)19)15-21-22-14-20(24-21)17-9-3-2-4-10-17/h2-6,8-10,12,14,19H,7,11,13,15H2,1H3/t19-/m0/s1. The van der Waals surface area contributed by atoms with Crippen molar-refractivity contribution in [1.29, 1.82) is 0 Å². The van der Waals surface area contributed by atoms with Crippen LogP contribution in [0.1, 0.15) is 35.9 Å². The van der Waals surface area contributed by atoms with Crippen LogP contribution in [0.25, 0.3) is 11.3 Å². The number of hydrogen-bond acceptors (Lipinski definition) is 3. The zero-order chi connectivity index (χ0) is 16.4. The lowest BCUT2D eigenvalue weighted by molar-refractivity contribution is 0.195. The molecule has 0 saturated heterocycles. The van der Waals surface area contributed by atoms with Crippen LogP contribution in [0.4, 0.5) is 0 Å². The van der Waals surface area contributed by atoms with E-state index >= 15 is 0 Å². The molecule has 0 fully saturated rings. The van der Waals surface area contributed by atoms with Crippen molar-refractivity contribution in [3.63, 3.8) is 0 Å². The Balaban J connectivity index is 1.51. The molecule has 0 bridgehead atoms. The first-order valence-corrected chi connectivity index (χ1v) is 8.59. The number of aryl methyl sites for hydroxylation is 1. The molecule has 0 amide bonds. The van der Waals surface area contributed by atoms with Crippen molar-refractivity contribution in [2.75, 3.05) is 7.05 Å². The van der Waals surface area contributed by atoms with E-state index in [0.717, 1.165) is 23.8 Å². The van der Waals surface area contributed by atoms with Gasteiger partial charge >= 0.3 is 0 Å². The molecule has 3 aromatic rings. The summed E-state index contributed by atoms with van der Waals surface area (Å²) >= 11 is 0. The van der Waals surface area contributed by atoms with Gasteiger partial charge in [0.15, 0.2) is 5.76 Å². The molecule has 0 unspecified atom stereocenters. The highest BCUT2D eigenvalue weighted by atomic mass is 16.4. The molecule has 3 heteroatoms. The number of aromatic nitrogens is 1. The Morgan fingerprint density at radius 2 is 1.88 bits per heavy atom. The van der Waals surface area contributed by atoms with E-state index in [-0.39, 0.29) is 0 Å². The van der Waals surface area contributed by atoms with Gasteiger partial charge in [-0.3, -0.25) is 4.90 Å². The zero-order valence-electron chi connectivity index (χ0n) is 14.0. The Morgan fingerprint density at radius 1 is 1.08 bits per heavy atom. The third-order valence-electron chi connectivity index (χ3n) is 4.87. The van der Waals surface area contributed by atoms with Crippen molar-refractivity contribution in [2.45, 2.75) is 31.8 Å². The monoisotopic (exact) mass is 318 g/mol. The highest BCUT2D eigenvalue weighted by Crippen LogP contribution is 2.34. The number of hydrogen-bond donors (Lipinski definition) is 0. The van der Waals surface area contributed by atoms with E-state index in [1.54, 1.807) is 0 Å². The van der Waals surface area contributed by atoms with Crippen molar-refractivity contribution in [2.24, 2.45) is 0 Å². The normalized spacial score (nSPS) is 17.0. The molecular weight excluding hydrogens is 296 g/mol. The quantitative estimate of drug-likeness (QED) is 0.688. The van der Waals surface area contributed by atoms with Gasteiger partial charge in [-0.05, 0) is 37.4 Å². The predicted molar refractivity (Wildman–Crippen MR) is 95.5 cm³/mol. The second-order valence-electron chi connectivity index (χ2n) is 6.51. The number of rotatable bonds is 4. The highest BCUT2D eigenvalue weighted by Gasteiger charge is 2.24. The topological polar surface area (TPSA) is 29.3 Å². The molecule has 0 saturated carbocycles. The SMILES string of the molecule is CN(Cc1ncc(-c2ccccc2)o1)[C@H]1CCCc2ccccc21. The highest BCUT2D eigenvalue weighted by molar-refractivity contribution is 5.55. The van der Waals surface area contributed by atoms with E-state index in [9.17, 15) is 0 Å². The molecule has 0 N–H and O–H groups in total. The Morgan fingerprint density at radius 3 is 2.75 bits per heavy atom. The van der Waals surface area contributed by atoms with Gasteiger partial charge in [0.2, 0.25) is 5.89 Å². The smallest absolute Gasteiger partial charge is 0.209 e. The Kier molecular flexibility index (Phi) is 4.18. The predicted octanol–water partition coefficient (Wildman–Crippen LogP) is 4.85. The summed E-state index contributed by atoms with van der Waals surface area (Å²) in [6.07, 6.45) is 5.46. The second-order valence-corrected chi connectivity index (χ2v) is 6.51. The molecule has 0 aliphatic heterocycles. The van der Waals surface area contributed by atoms with Gasteiger partial charge in [0, 0.05) is 11.6 Å². The van der Waals surface area contributed by atoms with Crippen molar-refractivity contribution in [1.82, 2.24) is 9.88 Å². The number of fused-ring (bicyclic) bond motifs is 1. The molecule has 1 aliphatic carbocycles. The number of nitrogens with zero attached hydrogens (tertiary/aromatic N) is 2. The molecule has 1 atom stereocenters. The maximum Gasteiger partial charge on any atom is 0.209 e. The van der Waals surface area contributed by atoms with Crippen molar-refractivity contribution < 1.29 is 4.42 Å². The second kappa shape index (κ2) is 6.62. The van der Waals surface area contributed by atoms with Crippen LogP contribution < -0.4 is 0 Å². The molecule has 4 rings (SSSR count). The van der Waals surface area contributed by atoms with Gasteiger partial charge in [0.25, 0.3) is 0 Å². The van der Waals surface area contributed by atoms with Crippen LogP contribution in [0.15, 0.2) is 65.2 Å². The molecule has 1 aliphatic rings. The summed E-state index contributed by atoms with van der Waals surface area (Å²) in [5.41, 5.74) is 4.01. The molecular formula is C21H22N2O. The van der Waals surface area contributed by atoms with Gasteiger partial charge in [-0.25, -0.2) is 4.98 Å². The fraction of sp³-hybridized carbons (Fsp3) is 0.286. The third kappa shape index (κ3) is 3.00.